The Bertz CT molecular complexity index is 4770. The summed E-state index contributed by atoms with van der Waals surface area (Å²) in [6, 6.07) is 70.3. The van der Waals surface area contributed by atoms with E-state index in [2.05, 4.69) is 242 Å². The van der Waals surface area contributed by atoms with Crippen LogP contribution in [0.4, 0.5) is 5.69 Å². The van der Waals surface area contributed by atoms with Crippen molar-refractivity contribution in [1.82, 2.24) is 19.1 Å². The Balaban J connectivity index is 0.000000260. The first-order valence-electron chi connectivity index (χ1n) is 31.0. The molecule has 4 heterocycles. The van der Waals surface area contributed by atoms with Gasteiger partial charge in [0.05, 0.1) is 50.7 Å². The fraction of sp³-hybridized carbons (Fsp3) is 0.214. The molecule has 3 N–H and O–H groups in total. The molecule has 0 unspecified atom stereocenters. The molecule has 7 heteroatoms. The van der Waals surface area contributed by atoms with Gasteiger partial charge in [-0.3, -0.25) is 9.56 Å². The van der Waals surface area contributed by atoms with Crippen LogP contribution in [0.1, 0.15) is 119 Å². The maximum absolute atomic E-state index is 5.58. The largest absolute Gasteiger partial charge is 0.398 e. The number of aromatic amines is 1. The normalized spacial score (nSPS) is 10.4. The van der Waals surface area contributed by atoms with E-state index in [4.69, 9.17) is 22.3 Å². The van der Waals surface area contributed by atoms with E-state index in [9.17, 15) is 0 Å². The third kappa shape index (κ3) is 16.1. The molecule has 0 saturated carbocycles. The van der Waals surface area contributed by atoms with Crippen LogP contribution in [0.15, 0.2) is 236 Å². The average molecular weight is 1230 g/mol. The molecular weight excluding hydrogens is 1130 g/mol. The second kappa shape index (κ2) is 34.5. The first kappa shape index (κ1) is 74.0. The number of H-pyrrole nitrogens is 1. The molecule has 10 aromatic carbocycles. The van der Waals surface area contributed by atoms with Gasteiger partial charge in [0.2, 0.25) is 0 Å². The topological polar surface area (TPSA) is 76.9 Å². The van der Waals surface area contributed by atoms with Crippen LogP contribution >= 0.6 is 11.6 Å². The molecule has 6 nitrogen and oxygen atoms in total. The summed E-state index contributed by atoms with van der Waals surface area (Å²) in [5.41, 5.74) is 21.9. The molecule has 0 aliphatic carbocycles. The zero-order chi connectivity index (χ0) is 63.8. The molecule has 0 aliphatic rings. The first-order valence-corrected chi connectivity index (χ1v) is 31.4. The van der Waals surface area contributed by atoms with E-state index in [0.29, 0.717) is 17.3 Å². The molecule has 14 aromatic rings. The number of hydrogen-bond acceptors (Lipinski definition) is 3. The number of fused-ring (bicyclic) bond motifs is 15. The number of halogens is 1. The van der Waals surface area contributed by atoms with Crippen molar-refractivity contribution >= 4 is 127 Å². The number of nitrogens with zero attached hydrogens (tertiary/aromatic N) is 4. The van der Waals surface area contributed by atoms with Gasteiger partial charge in [0.1, 0.15) is 5.82 Å². The van der Waals surface area contributed by atoms with Gasteiger partial charge in [0.15, 0.2) is 0 Å². The van der Waals surface area contributed by atoms with E-state index < -0.39 is 0 Å². The van der Waals surface area contributed by atoms with Gasteiger partial charge in [-0.2, -0.15) is 0 Å². The van der Waals surface area contributed by atoms with Crippen molar-refractivity contribution in [3.63, 3.8) is 0 Å². The number of nitrogens with two attached hydrogens (primary N) is 1. The summed E-state index contributed by atoms with van der Waals surface area (Å²) in [6.07, 6.45) is 1.83. The second-order valence-corrected chi connectivity index (χ2v) is 21.3. The van der Waals surface area contributed by atoms with Gasteiger partial charge in [0.25, 0.3) is 0 Å². The minimum atomic E-state index is 0. The summed E-state index contributed by atoms with van der Waals surface area (Å²) < 4.78 is 4.66. The minimum absolute atomic E-state index is 0. The quantitative estimate of drug-likeness (QED) is 0.129. The van der Waals surface area contributed by atoms with Gasteiger partial charge < -0.3 is 15.3 Å². The molecule has 4 aromatic heterocycles. The maximum atomic E-state index is 5.58. The molecule has 14 rings (SSSR count). The number of aryl methyl sites for hydroxylation is 4. The monoisotopic (exact) mass is 1230 g/mol. The molecule has 0 saturated heterocycles. The number of benzene rings is 10. The Kier molecular flexibility index (Phi) is 28.0. The van der Waals surface area contributed by atoms with Crippen molar-refractivity contribution < 1.29 is 0 Å². The molecular formula is C84H99ClN6. The van der Waals surface area contributed by atoms with Crippen molar-refractivity contribution in [3.8, 4) is 5.82 Å². The van der Waals surface area contributed by atoms with Crippen LogP contribution in [0.3, 0.4) is 0 Å². The molecule has 0 spiro atoms. The Labute approximate surface area is 549 Å². The molecule has 0 fully saturated rings. The number of rotatable bonds is 6. The van der Waals surface area contributed by atoms with E-state index >= 15 is 0 Å². The minimum Gasteiger partial charge on any atom is -0.398 e. The second-order valence-electron chi connectivity index (χ2n) is 20.9. The number of nitrogen functional groups attached to an aromatic ring is 1. The third-order valence-corrected chi connectivity index (χ3v) is 15.4. The fourth-order valence-corrected chi connectivity index (χ4v) is 11.1. The van der Waals surface area contributed by atoms with E-state index in [0.717, 1.165) is 34.1 Å². The molecule has 0 atom stereocenters. The number of pyridine rings is 1. The summed E-state index contributed by atoms with van der Waals surface area (Å²) >= 11 is 5.58. The zero-order valence-corrected chi connectivity index (χ0v) is 55.0. The highest BCUT2D eigenvalue weighted by Crippen LogP contribution is 2.38. The summed E-state index contributed by atoms with van der Waals surface area (Å²) in [6.45, 7) is 41.2. The average Bonchev–Trinajstić information content (AvgIpc) is 1.65. The number of aliphatic imine (C=N–C) groups is 1. The zero-order valence-electron chi connectivity index (χ0n) is 54.2. The Morgan fingerprint density at radius 2 is 0.956 bits per heavy atom. The number of aromatic nitrogens is 4. The van der Waals surface area contributed by atoms with Crippen LogP contribution in [0.25, 0.3) is 110 Å². The summed E-state index contributed by atoms with van der Waals surface area (Å²) in [5.74, 6) is 0.928. The molecule has 0 amide bonds. The Hall–Kier alpha value is -9.49. The highest BCUT2D eigenvalue weighted by atomic mass is 35.5. The fourth-order valence-electron chi connectivity index (χ4n) is 10.9. The highest BCUT2D eigenvalue weighted by Gasteiger charge is 2.18. The maximum Gasteiger partial charge on any atom is 0.138 e. The summed E-state index contributed by atoms with van der Waals surface area (Å²) in [4.78, 5) is 13.1. The van der Waals surface area contributed by atoms with Gasteiger partial charge >= 0.3 is 0 Å². The van der Waals surface area contributed by atoms with E-state index in [1.54, 1.807) is 12.1 Å². The lowest BCUT2D eigenvalue weighted by atomic mass is 10.1. The van der Waals surface area contributed by atoms with E-state index in [1.165, 1.54) is 114 Å². The van der Waals surface area contributed by atoms with Crippen LogP contribution in [0, 0.1) is 27.7 Å². The van der Waals surface area contributed by atoms with E-state index in [-0.39, 0.29) is 22.3 Å². The van der Waals surface area contributed by atoms with Gasteiger partial charge in [-0.05, 0) is 128 Å². The standard InChI is InChI=1S/C25H20N2.C25H24N2.C17H13N.C6H6ClN.4C2H6.3CH4/c1-4-22-17(3)10-14-24(26-22)27-23-15-16(2)9-12-20(23)21-13-11-18-7-5-6-8-19(18)25(21)27;1-16(2)19(5)26-18(4)15-27-24-14-17(3)10-12-22(24)23-13-11-20-8-6-7-9-21(20)25(23)27;1-11-6-8-14-15-9-7-12-4-2-3-5-13(12)17(15)18-16(14)10-11;7-5-3-1-2-4-6(5)8;4*1-2;;;/h4-15H,1H2,2-3H3;6-14H,1,4,15H2,2-3,5H3;2-10,18H,1H3;1-4H,8H2;4*1-2H3;3*1H4. The Morgan fingerprint density at radius 1 is 0.505 bits per heavy atom. The number of para-hydroxylation sites is 1. The third-order valence-electron chi connectivity index (χ3n) is 15.1. The predicted octanol–water partition coefficient (Wildman–Crippen LogP) is 26.1. The number of nitrogens with one attached hydrogen (secondary N) is 1. The van der Waals surface area contributed by atoms with Crippen LogP contribution in [0.2, 0.25) is 5.02 Å². The summed E-state index contributed by atoms with van der Waals surface area (Å²) in [5, 5.41) is 15.9. The van der Waals surface area contributed by atoms with Crippen LogP contribution < -0.4 is 5.73 Å². The van der Waals surface area contributed by atoms with Crippen LogP contribution in [-0.4, -0.2) is 24.8 Å². The smallest absolute Gasteiger partial charge is 0.138 e. The Morgan fingerprint density at radius 3 is 1.49 bits per heavy atom. The SMILES string of the molecule is C.C.C.C=C(Cn1c2cc(C)ccc2c2ccc3ccccc3c21)N=C(C)C(=C)C.C=Cc1nc(-n2c3cc(C)ccc3c3ccc4ccccc4c32)ccc1C.CC.CC.CC.CC.Cc1ccc2c(c1)[nH]c1c3ccccc3ccc21.Nc1ccccc1Cl. The molecule has 91 heavy (non-hydrogen) atoms. The first-order chi connectivity index (χ1) is 42.8. The molecule has 0 radical (unpaired) electrons. The van der Waals surface area contributed by atoms with Crippen LogP contribution in [0.5, 0.6) is 0 Å². The summed E-state index contributed by atoms with van der Waals surface area (Å²) in [7, 11) is 0. The van der Waals surface area contributed by atoms with Crippen molar-refractivity contribution in [2.75, 3.05) is 5.73 Å². The van der Waals surface area contributed by atoms with Crippen molar-refractivity contribution in [3.05, 3.63) is 264 Å². The number of anilines is 1. The predicted molar refractivity (Wildman–Crippen MR) is 414 cm³/mol. The number of hydrogen-bond donors (Lipinski definition) is 2. The van der Waals surface area contributed by atoms with Crippen molar-refractivity contribution in [2.45, 2.75) is 126 Å². The van der Waals surface area contributed by atoms with Gasteiger partial charge in [-0.1, -0.05) is 273 Å². The lowest BCUT2D eigenvalue weighted by molar-refractivity contribution is 0.844. The molecule has 0 aliphatic heterocycles. The van der Waals surface area contributed by atoms with Crippen molar-refractivity contribution in [1.29, 1.82) is 0 Å². The molecule has 0 bridgehead atoms. The molecule has 472 valence electrons. The highest BCUT2D eigenvalue weighted by molar-refractivity contribution is 6.33. The van der Waals surface area contributed by atoms with Crippen LogP contribution in [-0.2, 0) is 6.54 Å². The van der Waals surface area contributed by atoms with Gasteiger partial charge in [-0.25, -0.2) is 4.98 Å². The van der Waals surface area contributed by atoms with Crippen molar-refractivity contribution in [2.24, 2.45) is 4.99 Å². The number of allylic oxidation sites excluding steroid dienone is 2. The van der Waals surface area contributed by atoms with Gasteiger partial charge in [-0.15, -0.1) is 0 Å². The lowest BCUT2D eigenvalue weighted by Gasteiger charge is -2.11. The lowest BCUT2D eigenvalue weighted by Crippen LogP contribution is -2.02. The van der Waals surface area contributed by atoms with E-state index in [1.807, 2.05) is 87.4 Å². The van der Waals surface area contributed by atoms with Gasteiger partial charge in [0, 0.05) is 65.2 Å².